The Kier molecular flexibility index (Phi) is 3.40. The second-order valence-corrected chi connectivity index (χ2v) is 6.60. The smallest absolute Gasteiger partial charge is 0.263 e. The fourth-order valence-corrected chi connectivity index (χ4v) is 3.71. The molecule has 0 spiro atoms. The molecule has 3 rings (SSSR count). The summed E-state index contributed by atoms with van der Waals surface area (Å²) in [6, 6.07) is 6.02. The van der Waals surface area contributed by atoms with Crippen LogP contribution in [-0.2, 0) is 0 Å². The minimum absolute atomic E-state index is 0.109. The number of amides is 1. The van der Waals surface area contributed by atoms with Gasteiger partial charge in [-0.3, -0.25) is 4.79 Å². The van der Waals surface area contributed by atoms with Crippen LogP contribution >= 0.6 is 11.3 Å². The minimum Gasteiger partial charge on any atom is -0.397 e. The minimum atomic E-state index is -0.186. The van der Waals surface area contributed by atoms with Crippen LogP contribution in [0, 0.1) is 12.8 Å². The molecule has 4 nitrogen and oxygen atoms in total. The molecule has 0 radical (unpaired) electrons. The van der Waals surface area contributed by atoms with Crippen molar-refractivity contribution in [3.05, 3.63) is 28.6 Å². The lowest BCUT2D eigenvalue weighted by atomic mass is 9.82. The van der Waals surface area contributed by atoms with Crippen LogP contribution in [0.4, 0.5) is 5.69 Å². The molecule has 1 aliphatic rings. The summed E-state index contributed by atoms with van der Waals surface area (Å²) in [4.78, 5) is 12.8. The summed E-state index contributed by atoms with van der Waals surface area (Å²) < 4.78 is 1.05. The largest absolute Gasteiger partial charge is 0.397 e. The molecule has 1 aromatic carbocycles. The van der Waals surface area contributed by atoms with Crippen molar-refractivity contribution in [3.63, 3.8) is 0 Å². The second-order valence-electron chi connectivity index (χ2n) is 5.55. The predicted octanol–water partition coefficient (Wildman–Crippen LogP) is 2.29. The van der Waals surface area contributed by atoms with E-state index in [-0.39, 0.29) is 12.0 Å². The highest BCUT2D eigenvalue weighted by Crippen LogP contribution is 2.34. The van der Waals surface area contributed by atoms with Crippen molar-refractivity contribution in [2.75, 3.05) is 12.3 Å². The molecular weight excluding hydrogens is 272 g/mol. The SMILES string of the molecule is Cc1ccc2c(N)c(C(=O)NCC3CC(O)C3)sc2c1. The van der Waals surface area contributed by atoms with Gasteiger partial charge in [-0.2, -0.15) is 0 Å². The van der Waals surface area contributed by atoms with Crippen molar-refractivity contribution in [1.29, 1.82) is 0 Å². The van der Waals surface area contributed by atoms with E-state index in [4.69, 9.17) is 5.73 Å². The van der Waals surface area contributed by atoms with Gasteiger partial charge in [0.15, 0.2) is 0 Å². The Morgan fingerprint density at radius 1 is 1.50 bits per heavy atom. The third-order valence-electron chi connectivity index (χ3n) is 3.85. The summed E-state index contributed by atoms with van der Waals surface area (Å²) in [5.74, 6) is 0.287. The molecule has 20 heavy (non-hydrogen) atoms. The summed E-state index contributed by atoms with van der Waals surface area (Å²) in [6.07, 6.45) is 1.37. The van der Waals surface area contributed by atoms with E-state index >= 15 is 0 Å². The van der Waals surface area contributed by atoms with Crippen molar-refractivity contribution in [2.45, 2.75) is 25.9 Å². The maximum atomic E-state index is 12.2. The van der Waals surface area contributed by atoms with E-state index in [1.54, 1.807) is 0 Å². The lowest BCUT2D eigenvalue weighted by molar-refractivity contribution is 0.0420. The Hall–Kier alpha value is -1.59. The number of aryl methyl sites for hydroxylation is 1. The van der Waals surface area contributed by atoms with Crippen LogP contribution in [-0.4, -0.2) is 23.7 Å². The van der Waals surface area contributed by atoms with Gasteiger partial charge in [-0.05, 0) is 37.3 Å². The van der Waals surface area contributed by atoms with Crippen molar-refractivity contribution in [3.8, 4) is 0 Å². The number of aliphatic hydroxyl groups excluding tert-OH is 1. The monoisotopic (exact) mass is 290 g/mol. The number of hydrogen-bond acceptors (Lipinski definition) is 4. The van der Waals surface area contributed by atoms with Crippen molar-refractivity contribution in [2.24, 2.45) is 5.92 Å². The van der Waals surface area contributed by atoms with E-state index in [9.17, 15) is 9.90 Å². The van der Waals surface area contributed by atoms with E-state index in [0.29, 0.717) is 23.0 Å². The van der Waals surface area contributed by atoms with Crippen LogP contribution in [0.2, 0.25) is 0 Å². The number of anilines is 1. The maximum Gasteiger partial charge on any atom is 0.263 e. The van der Waals surface area contributed by atoms with E-state index < -0.39 is 0 Å². The van der Waals surface area contributed by atoms with E-state index in [0.717, 1.165) is 28.5 Å². The Bertz CT molecular complexity index is 659. The van der Waals surface area contributed by atoms with Gasteiger partial charge < -0.3 is 16.2 Å². The molecule has 1 heterocycles. The zero-order valence-electron chi connectivity index (χ0n) is 11.3. The lowest BCUT2D eigenvalue weighted by Gasteiger charge is -2.31. The molecule has 5 heteroatoms. The first kappa shape index (κ1) is 13.4. The number of nitrogens with one attached hydrogen (secondary N) is 1. The highest BCUT2D eigenvalue weighted by molar-refractivity contribution is 7.21. The Balaban J connectivity index is 1.75. The first-order chi connectivity index (χ1) is 9.54. The predicted molar refractivity (Wildman–Crippen MR) is 82.0 cm³/mol. The van der Waals surface area contributed by atoms with Crippen LogP contribution in [0.5, 0.6) is 0 Å². The molecule has 1 aromatic heterocycles. The topological polar surface area (TPSA) is 75.4 Å². The fraction of sp³-hybridized carbons (Fsp3) is 0.400. The van der Waals surface area contributed by atoms with Gasteiger partial charge in [0, 0.05) is 16.6 Å². The lowest BCUT2D eigenvalue weighted by Crippen LogP contribution is -2.38. The summed E-state index contributed by atoms with van der Waals surface area (Å²) in [5.41, 5.74) is 7.80. The highest BCUT2D eigenvalue weighted by atomic mass is 32.1. The maximum absolute atomic E-state index is 12.2. The number of fused-ring (bicyclic) bond motifs is 1. The third-order valence-corrected chi connectivity index (χ3v) is 5.02. The summed E-state index contributed by atoms with van der Waals surface area (Å²) in [7, 11) is 0. The van der Waals surface area contributed by atoms with Crippen LogP contribution in [0.3, 0.4) is 0 Å². The first-order valence-corrected chi connectivity index (χ1v) is 7.61. The van der Waals surface area contributed by atoms with Gasteiger partial charge in [-0.25, -0.2) is 0 Å². The van der Waals surface area contributed by atoms with Gasteiger partial charge in [0.05, 0.1) is 11.8 Å². The second kappa shape index (κ2) is 5.07. The molecular formula is C15H18N2O2S. The molecule has 0 atom stereocenters. The van der Waals surface area contributed by atoms with Gasteiger partial charge in [-0.1, -0.05) is 12.1 Å². The standard InChI is InChI=1S/C15H18N2O2S/c1-8-2-3-11-12(4-8)20-14(13(11)16)15(19)17-7-9-5-10(18)6-9/h2-4,9-10,18H,5-7,16H2,1H3,(H,17,19). The van der Waals surface area contributed by atoms with Crippen molar-refractivity contribution < 1.29 is 9.90 Å². The molecule has 1 fully saturated rings. The zero-order chi connectivity index (χ0) is 14.3. The summed E-state index contributed by atoms with van der Waals surface area (Å²) in [5, 5.41) is 13.1. The number of nitrogen functional groups attached to an aromatic ring is 1. The van der Waals surface area contributed by atoms with Crippen LogP contribution in [0.25, 0.3) is 10.1 Å². The quantitative estimate of drug-likeness (QED) is 0.812. The van der Waals surface area contributed by atoms with Crippen molar-refractivity contribution in [1.82, 2.24) is 5.32 Å². The Morgan fingerprint density at radius 3 is 2.95 bits per heavy atom. The normalized spacial score (nSPS) is 21.7. The number of carbonyl (C=O) groups is 1. The molecule has 1 amide bonds. The number of hydrogen-bond donors (Lipinski definition) is 3. The number of nitrogens with two attached hydrogens (primary N) is 1. The van der Waals surface area contributed by atoms with Gasteiger partial charge in [0.1, 0.15) is 4.88 Å². The van der Waals surface area contributed by atoms with Gasteiger partial charge in [0.25, 0.3) is 5.91 Å². The molecule has 1 aliphatic carbocycles. The van der Waals surface area contributed by atoms with Crippen LogP contribution < -0.4 is 11.1 Å². The fourth-order valence-electron chi connectivity index (χ4n) is 2.58. The van der Waals surface area contributed by atoms with E-state index in [1.165, 1.54) is 11.3 Å². The number of rotatable bonds is 3. The summed E-state index contributed by atoms with van der Waals surface area (Å²) >= 11 is 1.44. The van der Waals surface area contributed by atoms with Gasteiger partial charge in [-0.15, -0.1) is 11.3 Å². The average Bonchev–Trinajstić information content (AvgIpc) is 2.70. The molecule has 1 saturated carbocycles. The zero-order valence-corrected chi connectivity index (χ0v) is 12.2. The molecule has 0 saturated heterocycles. The van der Waals surface area contributed by atoms with Gasteiger partial charge in [0.2, 0.25) is 0 Å². The molecule has 0 bridgehead atoms. The average molecular weight is 290 g/mol. The molecule has 106 valence electrons. The number of benzene rings is 1. The Labute approximate surface area is 121 Å². The number of aliphatic hydroxyl groups is 1. The molecule has 0 unspecified atom stereocenters. The number of thiophene rings is 1. The third kappa shape index (κ3) is 2.39. The van der Waals surface area contributed by atoms with Gasteiger partial charge >= 0.3 is 0 Å². The molecule has 2 aromatic rings. The highest BCUT2D eigenvalue weighted by Gasteiger charge is 2.27. The Morgan fingerprint density at radius 2 is 2.25 bits per heavy atom. The van der Waals surface area contributed by atoms with Crippen LogP contribution in [0.15, 0.2) is 18.2 Å². The van der Waals surface area contributed by atoms with Crippen LogP contribution in [0.1, 0.15) is 28.1 Å². The number of carbonyl (C=O) groups excluding carboxylic acids is 1. The molecule has 0 aliphatic heterocycles. The van der Waals surface area contributed by atoms with Crippen molar-refractivity contribution >= 4 is 33.0 Å². The van der Waals surface area contributed by atoms with E-state index in [2.05, 4.69) is 11.4 Å². The first-order valence-electron chi connectivity index (χ1n) is 6.79. The van der Waals surface area contributed by atoms with E-state index in [1.807, 2.05) is 19.1 Å². The summed E-state index contributed by atoms with van der Waals surface area (Å²) in [6.45, 7) is 2.64. The molecule has 4 N–H and O–H groups in total.